The summed E-state index contributed by atoms with van der Waals surface area (Å²) < 4.78 is 0. The zero-order valence-electron chi connectivity index (χ0n) is 12.0. The van der Waals surface area contributed by atoms with Gasteiger partial charge < -0.3 is 5.32 Å². The predicted octanol–water partition coefficient (Wildman–Crippen LogP) is 4.83. The van der Waals surface area contributed by atoms with Crippen molar-refractivity contribution in [1.29, 1.82) is 0 Å². The zero-order valence-corrected chi connectivity index (χ0v) is 12.8. The topological polar surface area (TPSA) is 24.9 Å². The van der Waals surface area contributed by atoms with Crippen molar-refractivity contribution < 1.29 is 0 Å². The van der Waals surface area contributed by atoms with E-state index < -0.39 is 0 Å². The van der Waals surface area contributed by atoms with Crippen LogP contribution in [0, 0.1) is 20.8 Å². The minimum Gasteiger partial charge on any atom is -0.380 e. The fourth-order valence-corrected chi connectivity index (χ4v) is 3.46. The third-order valence-corrected chi connectivity index (χ3v) is 4.59. The van der Waals surface area contributed by atoms with Crippen LogP contribution in [0.2, 0.25) is 0 Å². The summed E-state index contributed by atoms with van der Waals surface area (Å²) in [5.74, 6) is 0. The van der Waals surface area contributed by atoms with Gasteiger partial charge in [-0.1, -0.05) is 6.07 Å². The maximum atomic E-state index is 4.48. The van der Waals surface area contributed by atoms with Crippen LogP contribution in [-0.2, 0) is 6.54 Å². The standard InChI is InChI=1S/C17H18N2S/c1-11-6-7-16(15-5-4-8-18-17(11)15)19-10-14-9-12(2)20-13(14)3/h4-9,19H,10H2,1-3H3. The Labute approximate surface area is 123 Å². The number of fused-ring (bicyclic) bond motifs is 1. The number of nitrogens with zero attached hydrogens (tertiary/aromatic N) is 1. The van der Waals surface area contributed by atoms with Crippen LogP contribution in [0.4, 0.5) is 5.69 Å². The van der Waals surface area contributed by atoms with Gasteiger partial charge in [-0.05, 0) is 56.2 Å². The van der Waals surface area contributed by atoms with Crippen LogP contribution in [0.15, 0.2) is 36.5 Å². The maximum absolute atomic E-state index is 4.48. The van der Waals surface area contributed by atoms with E-state index in [2.05, 4.69) is 55.3 Å². The highest BCUT2D eigenvalue weighted by molar-refractivity contribution is 7.12. The number of pyridine rings is 1. The summed E-state index contributed by atoms with van der Waals surface area (Å²) in [6.45, 7) is 7.31. The number of hydrogen-bond acceptors (Lipinski definition) is 3. The molecule has 102 valence electrons. The van der Waals surface area contributed by atoms with Crippen molar-refractivity contribution in [2.75, 3.05) is 5.32 Å². The number of aromatic nitrogens is 1. The number of anilines is 1. The molecule has 2 aromatic heterocycles. The highest BCUT2D eigenvalue weighted by Crippen LogP contribution is 2.26. The monoisotopic (exact) mass is 282 g/mol. The zero-order chi connectivity index (χ0) is 14.1. The lowest BCUT2D eigenvalue weighted by Gasteiger charge is -2.10. The normalized spacial score (nSPS) is 10.9. The van der Waals surface area contributed by atoms with Gasteiger partial charge in [0.1, 0.15) is 0 Å². The Bertz CT molecular complexity index is 759. The summed E-state index contributed by atoms with van der Waals surface area (Å²) >= 11 is 1.86. The van der Waals surface area contributed by atoms with E-state index in [1.807, 2.05) is 23.6 Å². The van der Waals surface area contributed by atoms with Gasteiger partial charge in [-0.2, -0.15) is 0 Å². The molecule has 1 aromatic carbocycles. The first kappa shape index (κ1) is 13.1. The van der Waals surface area contributed by atoms with Crippen molar-refractivity contribution >= 4 is 27.9 Å². The van der Waals surface area contributed by atoms with Crippen molar-refractivity contribution in [3.63, 3.8) is 0 Å². The molecule has 0 amide bonds. The molecule has 0 unspecified atom stereocenters. The lowest BCUT2D eigenvalue weighted by atomic mass is 10.1. The molecule has 0 radical (unpaired) electrons. The number of nitrogens with one attached hydrogen (secondary N) is 1. The first-order chi connectivity index (χ1) is 9.65. The molecule has 20 heavy (non-hydrogen) atoms. The Hall–Kier alpha value is -1.87. The van der Waals surface area contributed by atoms with Crippen LogP contribution in [0.5, 0.6) is 0 Å². The van der Waals surface area contributed by atoms with E-state index in [4.69, 9.17) is 0 Å². The van der Waals surface area contributed by atoms with E-state index in [1.165, 1.54) is 26.3 Å². The predicted molar refractivity (Wildman–Crippen MR) is 87.6 cm³/mol. The first-order valence-electron chi connectivity index (χ1n) is 6.79. The van der Waals surface area contributed by atoms with Crippen molar-refractivity contribution in [1.82, 2.24) is 4.98 Å². The number of thiophene rings is 1. The van der Waals surface area contributed by atoms with Crippen molar-refractivity contribution in [3.05, 3.63) is 57.4 Å². The Balaban J connectivity index is 1.92. The van der Waals surface area contributed by atoms with E-state index in [-0.39, 0.29) is 0 Å². The van der Waals surface area contributed by atoms with Crippen LogP contribution in [0.25, 0.3) is 10.9 Å². The van der Waals surface area contributed by atoms with E-state index in [1.54, 1.807) is 0 Å². The Morgan fingerprint density at radius 1 is 1.15 bits per heavy atom. The summed E-state index contributed by atoms with van der Waals surface area (Å²) in [6, 6.07) is 10.7. The molecule has 3 aromatic rings. The molecule has 0 fully saturated rings. The van der Waals surface area contributed by atoms with E-state index in [0.717, 1.165) is 17.7 Å². The smallest absolute Gasteiger partial charge is 0.0751 e. The number of aryl methyl sites for hydroxylation is 3. The molecule has 0 bridgehead atoms. The molecular weight excluding hydrogens is 264 g/mol. The minimum absolute atomic E-state index is 0.864. The van der Waals surface area contributed by atoms with Crippen LogP contribution in [-0.4, -0.2) is 4.98 Å². The van der Waals surface area contributed by atoms with Crippen LogP contribution >= 0.6 is 11.3 Å². The summed E-state index contributed by atoms with van der Waals surface area (Å²) in [4.78, 5) is 7.24. The summed E-state index contributed by atoms with van der Waals surface area (Å²) in [6.07, 6.45) is 1.85. The highest BCUT2D eigenvalue weighted by atomic mass is 32.1. The van der Waals surface area contributed by atoms with Gasteiger partial charge in [0, 0.05) is 33.6 Å². The van der Waals surface area contributed by atoms with Crippen LogP contribution < -0.4 is 5.32 Å². The second-order valence-electron chi connectivity index (χ2n) is 5.12. The molecule has 0 saturated carbocycles. The molecule has 0 saturated heterocycles. The van der Waals surface area contributed by atoms with E-state index in [0.29, 0.717) is 0 Å². The highest BCUT2D eigenvalue weighted by Gasteiger charge is 2.06. The third kappa shape index (κ3) is 2.41. The van der Waals surface area contributed by atoms with Crippen molar-refractivity contribution in [3.8, 4) is 0 Å². The second-order valence-corrected chi connectivity index (χ2v) is 6.58. The Morgan fingerprint density at radius 2 is 2.00 bits per heavy atom. The molecule has 0 aliphatic heterocycles. The Morgan fingerprint density at radius 3 is 2.75 bits per heavy atom. The number of hydrogen-bond donors (Lipinski definition) is 1. The lowest BCUT2D eigenvalue weighted by Crippen LogP contribution is -2.00. The Kier molecular flexibility index (Phi) is 3.45. The molecule has 2 nitrogen and oxygen atoms in total. The number of rotatable bonds is 3. The van der Waals surface area contributed by atoms with Crippen molar-refractivity contribution in [2.45, 2.75) is 27.3 Å². The molecular formula is C17H18N2S. The third-order valence-electron chi connectivity index (χ3n) is 3.58. The summed E-state index contributed by atoms with van der Waals surface area (Å²) in [5, 5.41) is 4.74. The van der Waals surface area contributed by atoms with Crippen LogP contribution in [0.1, 0.15) is 20.9 Å². The van der Waals surface area contributed by atoms with Gasteiger partial charge in [-0.3, -0.25) is 4.98 Å². The second kappa shape index (κ2) is 5.25. The fourth-order valence-electron chi connectivity index (χ4n) is 2.52. The van der Waals surface area contributed by atoms with Gasteiger partial charge in [0.15, 0.2) is 0 Å². The molecule has 0 aliphatic carbocycles. The number of benzene rings is 1. The van der Waals surface area contributed by atoms with E-state index in [9.17, 15) is 0 Å². The average Bonchev–Trinajstić information content (AvgIpc) is 2.77. The van der Waals surface area contributed by atoms with Crippen molar-refractivity contribution in [2.24, 2.45) is 0 Å². The van der Waals surface area contributed by atoms with Gasteiger partial charge in [0.05, 0.1) is 5.52 Å². The molecule has 0 aliphatic rings. The molecule has 3 rings (SSSR count). The maximum Gasteiger partial charge on any atom is 0.0751 e. The first-order valence-corrected chi connectivity index (χ1v) is 7.61. The lowest BCUT2D eigenvalue weighted by molar-refractivity contribution is 1.14. The average molecular weight is 282 g/mol. The van der Waals surface area contributed by atoms with Gasteiger partial charge in [0.25, 0.3) is 0 Å². The molecule has 2 heterocycles. The molecule has 0 spiro atoms. The quantitative estimate of drug-likeness (QED) is 0.744. The fraction of sp³-hybridized carbons (Fsp3) is 0.235. The van der Waals surface area contributed by atoms with Gasteiger partial charge >= 0.3 is 0 Å². The van der Waals surface area contributed by atoms with Crippen LogP contribution in [0.3, 0.4) is 0 Å². The molecule has 0 atom stereocenters. The largest absolute Gasteiger partial charge is 0.380 e. The summed E-state index contributed by atoms with van der Waals surface area (Å²) in [5.41, 5.74) is 4.83. The molecule has 1 N–H and O–H groups in total. The van der Waals surface area contributed by atoms with E-state index >= 15 is 0 Å². The summed E-state index contributed by atoms with van der Waals surface area (Å²) in [7, 11) is 0. The molecule has 3 heteroatoms. The van der Waals surface area contributed by atoms with Gasteiger partial charge in [-0.25, -0.2) is 0 Å². The SMILES string of the molecule is Cc1cc(CNc2ccc(C)c3ncccc23)c(C)s1. The van der Waals surface area contributed by atoms with Gasteiger partial charge in [0.2, 0.25) is 0 Å². The van der Waals surface area contributed by atoms with Gasteiger partial charge in [-0.15, -0.1) is 11.3 Å². The minimum atomic E-state index is 0.864.